The lowest BCUT2D eigenvalue weighted by Crippen LogP contribution is -1.95. The van der Waals surface area contributed by atoms with E-state index in [4.69, 9.17) is 0 Å². The summed E-state index contributed by atoms with van der Waals surface area (Å²) in [6, 6.07) is 48.0. The highest BCUT2D eigenvalue weighted by molar-refractivity contribution is 6.32. The van der Waals surface area contributed by atoms with Crippen molar-refractivity contribution < 1.29 is 0 Å². The number of H-pyrrole nitrogens is 1. The van der Waals surface area contributed by atoms with E-state index in [1.54, 1.807) is 0 Å². The molecule has 0 unspecified atom stereocenters. The summed E-state index contributed by atoms with van der Waals surface area (Å²) in [4.78, 5) is 3.81. The zero-order valence-electron chi connectivity index (χ0n) is 21.1. The molecule has 9 aromatic rings. The van der Waals surface area contributed by atoms with Crippen molar-refractivity contribution in [3.63, 3.8) is 0 Å². The number of nitrogens with one attached hydrogen (secondary N) is 1. The molecule has 0 atom stereocenters. The highest BCUT2D eigenvalue weighted by Crippen LogP contribution is 2.44. The molecule has 3 heterocycles. The molecule has 0 spiro atoms. The predicted octanol–water partition coefficient (Wildman–Crippen LogP) is 9.52. The third-order valence-electron chi connectivity index (χ3n) is 8.24. The lowest BCUT2D eigenvalue weighted by Gasteiger charge is -2.10. The van der Waals surface area contributed by atoms with Crippen LogP contribution in [0.2, 0.25) is 0 Å². The van der Waals surface area contributed by atoms with Crippen molar-refractivity contribution in [1.82, 2.24) is 14.1 Å². The summed E-state index contributed by atoms with van der Waals surface area (Å²) in [7, 11) is 0. The number of fused-ring (bicyclic) bond motifs is 11. The van der Waals surface area contributed by atoms with Crippen LogP contribution in [0.1, 0.15) is 0 Å². The number of hydrogen-bond donors (Lipinski definition) is 1. The third kappa shape index (κ3) is 2.71. The lowest BCUT2D eigenvalue weighted by molar-refractivity contribution is 1.17. The second-order valence-corrected chi connectivity index (χ2v) is 10.3. The number of para-hydroxylation sites is 4. The topological polar surface area (TPSA) is 25.6 Å². The van der Waals surface area contributed by atoms with Crippen LogP contribution >= 0.6 is 0 Å². The molecule has 3 heteroatoms. The summed E-state index contributed by atoms with van der Waals surface area (Å²) in [6.45, 7) is 0. The van der Waals surface area contributed by atoms with Crippen molar-refractivity contribution in [2.75, 3.05) is 0 Å². The Balaban J connectivity index is 1.61. The van der Waals surface area contributed by atoms with Crippen LogP contribution in [0, 0.1) is 0 Å². The van der Waals surface area contributed by atoms with E-state index in [9.17, 15) is 0 Å². The summed E-state index contributed by atoms with van der Waals surface area (Å²) in [5.41, 5.74) is 9.54. The Bertz CT molecular complexity index is 2370. The number of aromatic amines is 1. The van der Waals surface area contributed by atoms with Gasteiger partial charge in [0.1, 0.15) is 0 Å². The van der Waals surface area contributed by atoms with Gasteiger partial charge in [0, 0.05) is 49.2 Å². The third-order valence-corrected chi connectivity index (χ3v) is 8.24. The molecular weight excluding hydrogens is 474 g/mol. The summed E-state index contributed by atoms with van der Waals surface area (Å²) in [5.74, 6) is 0. The Kier molecular flexibility index (Phi) is 4.05. The van der Waals surface area contributed by atoms with Gasteiger partial charge in [-0.3, -0.25) is 0 Å². The van der Waals surface area contributed by atoms with Crippen LogP contribution in [0.15, 0.2) is 133 Å². The molecule has 0 bridgehead atoms. The van der Waals surface area contributed by atoms with Gasteiger partial charge in [-0.05, 0) is 48.5 Å². The second kappa shape index (κ2) is 7.62. The van der Waals surface area contributed by atoms with Crippen molar-refractivity contribution in [2.24, 2.45) is 0 Å². The van der Waals surface area contributed by atoms with Gasteiger partial charge in [0.2, 0.25) is 0 Å². The van der Waals surface area contributed by atoms with Gasteiger partial charge in [0.25, 0.3) is 0 Å². The van der Waals surface area contributed by atoms with Crippen LogP contribution in [-0.2, 0) is 0 Å². The van der Waals surface area contributed by atoms with Crippen molar-refractivity contribution in [1.29, 1.82) is 0 Å². The zero-order valence-corrected chi connectivity index (χ0v) is 21.1. The number of rotatable bonds is 2. The van der Waals surface area contributed by atoms with Crippen LogP contribution < -0.4 is 0 Å². The molecule has 6 aromatic carbocycles. The van der Waals surface area contributed by atoms with E-state index >= 15 is 0 Å². The summed E-state index contributed by atoms with van der Waals surface area (Å²) < 4.78 is 4.87. The molecule has 0 saturated heterocycles. The molecule has 3 aromatic heterocycles. The van der Waals surface area contributed by atoms with E-state index in [0.717, 1.165) is 11.2 Å². The first-order valence-electron chi connectivity index (χ1n) is 13.4. The van der Waals surface area contributed by atoms with E-state index in [-0.39, 0.29) is 0 Å². The summed E-state index contributed by atoms with van der Waals surface area (Å²) >= 11 is 0. The fourth-order valence-electron chi connectivity index (χ4n) is 6.66. The van der Waals surface area contributed by atoms with Gasteiger partial charge in [-0.15, -0.1) is 0 Å². The minimum Gasteiger partial charge on any atom is -0.354 e. The van der Waals surface area contributed by atoms with E-state index in [1.807, 2.05) is 0 Å². The largest absolute Gasteiger partial charge is 0.354 e. The molecule has 3 nitrogen and oxygen atoms in total. The molecule has 182 valence electrons. The minimum absolute atomic E-state index is 1.16. The molecule has 0 amide bonds. The SMILES string of the molecule is c1ccc(-n2c3ccc4c5ccccc5[nH]c4c3c3c2ccc2c4ccccc4n(-c4ccccc4)c23)cc1. The van der Waals surface area contributed by atoms with E-state index in [0.29, 0.717) is 0 Å². The maximum absolute atomic E-state index is 3.81. The normalized spacial score (nSPS) is 12.1. The quantitative estimate of drug-likeness (QED) is 0.246. The van der Waals surface area contributed by atoms with Gasteiger partial charge >= 0.3 is 0 Å². The minimum atomic E-state index is 1.16. The molecule has 0 fully saturated rings. The average Bonchev–Trinajstić information content (AvgIpc) is 3.65. The zero-order chi connectivity index (χ0) is 25.5. The molecule has 0 radical (unpaired) electrons. The molecule has 0 aliphatic rings. The maximum atomic E-state index is 3.81. The molecule has 9 rings (SSSR count). The van der Waals surface area contributed by atoms with Crippen molar-refractivity contribution >= 4 is 65.4 Å². The number of aromatic nitrogens is 3. The van der Waals surface area contributed by atoms with Crippen molar-refractivity contribution in [3.8, 4) is 11.4 Å². The standard InChI is InChI=1S/C36H23N3/c1-3-11-23(12-4-1)38-31-21-19-27-25-15-7-9-17-29(25)37-35(27)33(31)34-32(38)22-20-28-26-16-8-10-18-30(26)39(36(28)34)24-13-5-2-6-14-24/h1-22,37H. The maximum Gasteiger partial charge on any atom is 0.0642 e. The van der Waals surface area contributed by atoms with Crippen molar-refractivity contribution in [2.45, 2.75) is 0 Å². The van der Waals surface area contributed by atoms with Gasteiger partial charge in [0.15, 0.2) is 0 Å². The first-order valence-corrected chi connectivity index (χ1v) is 13.4. The van der Waals surface area contributed by atoms with Gasteiger partial charge in [-0.2, -0.15) is 0 Å². The molecule has 0 aliphatic heterocycles. The van der Waals surface area contributed by atoms with Gasteiger partial charge in [0.05, 0.1) is 27.6 Å². The van der Waals surface area contributed by atoms with Crippen LogP contribution in [0.25, 0.3) is 76.8 Å². The molecule has 39 heavy (non-hydrogen) atoms. The Morgan fingerprint density at radius 1 is 0.385 bits per heavy atom. The van der Waals surface area contributed by atoms with E-state index < -0.39 is 0 Å². The average molecular weight is 498 g/mol. The van der Waals surface area contributed by atoms with E-state index in [2.05, 4.69) is 148 Å². The summed E-state index contributed by atoms with van der Waals surface area (Å²) in [6.07, 6.45) is 0. The van der Waals surface area contributed by atoms with Gasteiger partial charge < -0.3 is 14.1 Å². The fraction of sp³-hybridized carbons (Fsp3) is 0. The van der Waals surface area contributed by atoms with Crippen LogP contribution in [0.4, 0.5) is 0 Å². The Morgan fingerprint density at radius 2 is 0.974 bits per heavy atom. The highest BCUT2D eigenvalue weighted by atomic mass is 15.0. The Morgan fingerprint density at radius 3 is 1.74 bits per heavy atom. The molecular formula is C36H23N3. The molecule has 0 saturated carbocycles. The Hall–Kier alpha value is -5.28. The van der Waals surface area contributed by atoms with Crippen LogP contribution in [0.3, 0.4) is 0 Å². The second-order valence-electron chi connectivity index (χ2n) is 10.3. The first-order chi connectivity index (χ1) is 19.4. The number of hydrogen-bond acceptors (Lipinski definition) is 0. The highest BCUT2D eigenvalue weighted by Gasteiger charge is 2.23. The van der Waals surface area contributed by atoms with Gasteiger partial charge in [-0.25, -0.2) is 0 Å². The Labute approximate surface area is 224 Å². The predicted molar refractivity (Wildman–Crippen MR) is 164 cm³/mol. The lowest BCUT2D eigenvalue weighted by atomic mass is 10.0. The van der Waals surface area contributed by atoms with Crippen molar-refractivity contribution in [3.05, 3.63) is 133 Å². The number of benzene rings is 6. The number of nitrogens with zero attached hydrogens (tertiary/aromatic N) is 2. The molecule has 1 N–H and O–H groups in total. The van der Waals surface area contributed by atoms with Crippen LogP contribution in [0.5, 0.6) is 0 Å². The van der Waals surface area contributed by atoms with Gasteiger partial charge in [-0.1, -0.05) is 84.9 Å². The van der Waals surface area contributed by atoms with E-state index in [1.165, 1.54) is 65.6 Å². The summed E-state index contributed by atoms with van der Waals surface area (Å²) in [5, 5.41) is 7.57. The monoisotopic (exact) mass is 497 g/mol. The molecule has 0 aliphatic carbocycles. The fourth-order valence-corrected chi connectivity index (χ4v) is 6.66. The first kappa shape index (κ1) is 20.7. The van der Waals surface area contributed by atoms with Crippen LogP contribution in [-0.4, -0.2) is 14.1 Å². The smallest absolute Gasteiger partial charge is 0.0642 e.